The van der Waals surface area contributed by atoms with Crippen LogP contribution < -0.4 is 0 Å². The van der Waals surface area contributed by atoms with Crippen LogP contribution in [-0.4, -0.2) is 14.4 Å². The van der Waals surface area contributed by atoms with Crippen molar-refractivity contribution in [3.63, 3.8) is 0 Å². The molecule has 0 aromatic carbocycles. The van der Waals surface area contributed by atoms with E-state index in [4.69, 9.17) is 4.43 Å². The Hall–Kier alpha value is -0.0831. The van der Waals surface area contributed by atoms with Crippen molar-refractivity contribution in [3.8, 4) is 0 Å². The van der Waals surface area contributed by atoms with Gasteiger partial charge < -0.3 is 4.43 Å². The highest BCUT2D eigenvalue weighted by atomic mass is 28.4. The molecular weight excluding hydrogens is 188 g/mol. The lowest BCUT2D eigenvalue weighted by Crippen LogP contribution is -2.42. The third kappa shape index (κ3) is 4.42. The van der Waals surface area contributed by atoms with Gasteiger partial charge in [-0.1, -0.05) is 32.4 Å². The van der Waals surface area contributed by atoms with Crippen molar-refractivity contribution in [3.05, 3.63) is 11.6 Å². The van der Waals surface area contributed by atoms with E-state index >= 15 is 0 Å². The Morgan fingerprint density at radius 1 is 1.21 bits per heavy atom. The van der Waals surface area contributed by atoms with Gasteiger partial charge in [-0.15, -0.1) is 0 Å². The van der Waals surface area contributed by atoms with Gasteiger partial charge in [-0.2, -0.15) is 0 Å². The van der Waals surface area contributed by atoms with Crippen LogP contribution in [0.3, 0.4) is 0 Å². The maximum absolute atomic E-state index is 6.18. The predicted octanol–water partition coefficient (Wildman–Crippen LogP) is 4.36. The van der Waals surface area contributed by atoms with Gasteiger partial charge >= 0.3 is 0 Å². The molecule has 0 N–H and O–H groups in total. The molecular formula is C12H26OSi. The highest BCUT2D eigenvalue weighted by molar-refractivity contribution is 6.74. The Kier molecular flexibility index (Phi) is 4.60. The van der Waals surface area contributed by atoms with Crippen molar-refractivity contribution in [2.45, 2.75) is 65.8 Å². The first kappa shape index (κ1) is 13.9. The molecule has 1 atom stereocenters. The average molecular weight is 214 g/mol. The number of rotatable bonds is 3. The van der Waals surface area contributed by atoms with Crippen molar-refractivity contribution in [1.29, 1.82) is 0 Å². The summed E-state index contributed by atoms with van der Waals surface area (Å²) < 4.78 is 6.18. The third-order valence-corrected chi connectivity index (χ3v) is 7.43. The molecule has 0 fully saturated rings. The molecule has 0 rings (SSSR count). The summed E-state index contributed by atoms with van der Waals surface area (Å²) in [6, 6.07) is 0. The van der Waals surface area contributed by atoms with Gasteiger partial charge in [-0.05, 0) is 38.9 Å². The van der Waals surface area contributed by atoms with Crippen molar-refractivity contribution >= 4 is 8.32 Å². The molecule has 0 aromatic rings. The maximum Gasteiger partial charge on any atom is 0.192 e. The number of allylic oxidation sites excluding steroid dienone is 1. The molecule has 0 saturated carbocycles. The van der Waals surface area contributed by atoms with Crippen molar-refractivity contribution < 1.29 is 4.43 Å². The molecule has 1 nitrogen and oxygen atoms in total. The molecule has 0 aliphatic heterocycles. The Labute approximate surface area is 90.7 Å². The first-order valence-electron chi connectivity index (χ1n) is 5.39. The molecule has 2 heteroatoms. The third-order valence-electron chi connectivity index (χ3n) is 2.85. The zero-order chi connectivity index (χ0) is 11.6. The van der Waals surface area contributed by atoms with E-state index in [0.29, 0.717) is 5.04 Å². The number of hydrogen-bond acceptors (Lipinski definition) is 1. The summed E-state index contributed by atoms with van der Waals surface area (Å²) in [6.45, 7) is 17.8. The fourth-order valence-corrected chi connectivity index (χ4v) is 2.50. The van der Waals surface area contributed by atoms with Crippen molar-refractivity contribution in [2.24, 2.45) is 0 Å². The predicted molar refractivity (Wildman–Crippen MR) is 67.2 cm³/mol. The normalized spacial score (nSPS) is 15.1. The summed E-state index contributed by atoms with van der Waals surface area (Å²) in [5.74, 6) is 0. The van der Waals surface area contributed by atoms with Crippen LogP contribution in [0.2, 0.25) is 18.1 Å². The SMILES string of the molecule is CC(C)=CC(C)O[Si](C)(C)C(C)(C)C. The monoisotopic (exact) mass is 214 g/mol. The van der Waals surface area contributed by atoms with E-state index in [1.54, 1.807) is 0 Å². The fourth-order valence-electron chi connectivity index (χ4n) is 1.14. The summed E-state index contributed by atoms with van der Waals surface area (Å²) in [6.07, 6.45) is 2.45. The lowest BCUT2D eigenvalue weighted by molar-refractivity contribution is 0.242. The lowest BCUT2D eigenvalue weighted by atomic mass is 10.2. The standard InChI is InChI=1S/C12H26OSi/c1-10(2)9-11(3)13-14(7,8)12(4,5)6/h9,11H,1-8H3. The smallest absolute Gasteiger partial charge is 0.192 e. The molecule has 0 radical (unpaired) electrons. The van der Waals surface area contributed by atoms with Crippen LogP contribution in [-0.2, 0) is 4.43 Å². The molecule has 1 unspecified atom stereocenters. The van der Waals surface area contributed by atoms with Gasteiger partial charge in [0.1, 0.15) is 0 Å². The lowest BCUT2D eigenvalue weighted by Gasteiger charge is -2.38. The van der Waals surface area contributed by atoms with E-state index < -0.39 is 8.32 Å². The van der Waals surface area contributed by atoms with Crippen LogP contribution in [0.5, 0.6) is 0 Å². The van der Waals surface area contributed by atoms with Crippen molar-refractivity contribution in [2.75, 3.05) is 0 Å². The van der Waals surface area contributed by atoms with Crippen LogP contribution >= 0.6 is 0 Å². The minimum Gasteiger partial charge on any atom is -0.411 e. The Morgan fingerprint density at radius 2 is 1.64 bits per heavy atom. The maximum atomic E-state index is 6.18. The molecule has 0 amide bonds. The summed E-state index contributed by atoms with van der Waals surface area (Å²) in [5, 5.41) is 0.302. The van der Waals surface area contributed by atoms with Gasteiger partial charge in [0.05, 0.1) is 6.10 Å². The van der Waals surface area contributed by atoms with Gasteiger partial charge in [-0.3, -0.25) is 0 Å². The first-order chi connectivity index (χ1) is 6.06. The topological polar surface area (TPSA) is 9.23 Å². The highest BCUT2D eigenvalue weighted by Crippen LogP contribution is 2.37. The van der Waals surface area contributed by atoms with Gasteiger partial charge in [-0.25, -0.2) is 0 Å². The number of hydrogen-bond donors (Lipinski definition) is 0. The second-order valence-electron chi connectivity index (χ2n) is 5.83. The van der Waals surface area contributed by atoms with E-state index in [-0.39, 0.29) is 6.10 Å². The van der Waals surface area contributed by atoms with Crippen molar-refractivity contribution in [1.82, 2.24) is 0 Å². The summed E-state index contributed by atoms with van der Waals surface area (Å²) >= 11 is 0. The molecule has 0 heterocycles. The molecule has 0 aromatic heterocycles. The van der Waals surface area contributed by atoms with E-state index in [2.05, 4.69) is 60.7 Å². The highest BCUT2D eigenvalue weighted by Gasteiger charge is 2.37. The summed E-state index contributed by atoms with van der Waals surface area (Å²) in [5.41, 5.74) is 1.33. The van der Waals surface area contributed by atoms with Gasteiger partial charge in [0.25, 0.3) is 0 Å². The van der Waals surface area contributed by atoms with Crippen LogP contribution in [0.4, 0.5) is 0 Å². The summed E-state index contributed by atoms with van der Waals surface area (Å²) in [4.78, 5) is 0. The Morgan fingerprint density at radius 3 is 1.93 bits per heavy atom. The minimum absolute atomic E-state index is 0.251. The van der Waals surface area contributed by atoms with Crippen LogP contribution in [0.15, 0.2) is 11.6 Å². The van der Waals surface area contributed by atoms with Crippen LogP contribution in [0.25, 0.3) is 0 Å². The minimum atomic E-state index is -1.58. The fraction of sp³-hybridized carbons (Fsp3) is 0.833. The summed E-state index contributed by atoms with van der Waals surface area (Å²) in [7, 11) is -1.58. The Bertz CT molecular complexity index is 207. The molecule has 0 spiro atoms. The van der Waals surface area contributed by atoms with Crippen LogP contribution in [0, 0.1) is 0 Å². The molecule has 14 heavy (non-hydrogen) atoms. The zero-order valence-electron chi connectivity index (χ0n) is 11.1. The average Bonchev–Trinajstić information content (AvgIpc) is 1.79. The van der Waals surface area contributed by atoms with Gasteiger partial charge in [0.2, 0.25) is 0 Å². The largest absolute Gasteiger partial charge is 0.411 e. The molecule has 84 valence electrons. The van der Waals surface area contributed by atoms with Gasteiger partial charge in [0.15, 0.2) is 8.32 Å². The molecule has 0 bridgehead atoms. The van der Waals surface area contributed by atoms with E-state index in [9.17, 15) is 0 Å². The van der Waals surface area contributed by atoms with E-state index in [1.807, 2.05) is 0 Å². The van der Waals surface area contributed by atoms with Gasteiger partial charge in [0, 0.05) is 0 Å². The molecule has 0 aliphatic rings. The second-order valence-corrected chi connectivity index (χ2v) is 10.6. The van der Waals surface area contributed by atoms with Crippen LogP contribution in [0.1, 0.15) is 41.5 Å². The first-order valence-corrected chi connectivity index (χ1v) is 8.30. The zero-order valence-corrected chi connectivity index (χ0v) is 12.1. The molecule has 0 saturated heterocycles. The molecule has 0 aliphatic carbocycles. The Balaban J connectivity index is 4.45. The van der Waals surface area contributed by atoms with E-state index in [0.717, 1.165) is 0 Å². The quantitative estimate of drug-likeness (QED) is 0.501. The second kappa shape index (κ2) is 4.62. The van der Waals surface area contributed by atoms with E-state index in [1.165, 1.54) is 5.57 Å².